The summed E-state index contributed by atoms with van der Waals surface area (Å²) in [4.78, 5) is 10.7. The lowest BCUT2D eigenvalue weighted by atomic mass is 9.96. The zero-order valence-electron chi connectivity index (χ0n) is 9.76. The number of primary amides is 1. The standard InChI is InChI=1S/C12H16FNO3/c1-7(2)11(17-12(14)16)10(15)8-3-5-9(13)6-4-8/h3-7,10-11,15H,1-2H3,(H2,14,16)/t10-,11-/m0/s1. The number of rotatable bonds is 4. The summed E-state index contributed by atoms with van der Waals surface area (Å²) < 4.78 is 17.6. The van der Waals surface area contributed by atoms with Crippen LogP contribution in [0.25, 0.3) is 0 Å². The van der Waals surface area contributed by atoms with Crippen LogP contribution in [0.2, 0.25) is 0 Å². The van der Waals surface area contributed by atoms with Gasteiger partial charge < -0.3 is 15.6 Å². The van der Waals surface area contributed by atoms with Crippen LogP contribution in [0.3, 0.4) is 0 Å². The summed E-state index contributed by atoms with van der Waals surface area (Å²) in [6, 6.07) is 5.36. The van der Waals surface area contributed by atoms with Gasteiger partial charge in [0.25, 0.3) is 0 Å². The molecule has 1 rings (SSSR count). The van der Waals surface area contributed by atoms with Crippen LogP contribution in [-0.4, -0.2) is 17.3 Å². The van der Waals surface area contributed by atoms with Gasteiger partial charge >= 0.3 is 6.09 Å². The lowest BCUT2D eigenvalue weighted by Crippen LogP contribution is -2.32. The Morgan fingerprint density at radius 1 is 1.35 bits per heavy atom. The number of halogens is 1. The van der Waals surface area contributed by atoms with Gasteiger partial charge in [0.15, 0.2) is 0 Å². The Morgan fingerprint density at radius 3 is 2.29 bits per heavy atom. The molecule has 0 aliphatic carbocycles. The van der Waals surface area contributed by atoms with E-state index in [-0.39, 0.29) is 5.92 Å². The number of carbonyl (C=O) groups excluding carboxylic acids is 1. The Bertz CT molecular complexity index is 378. The molecule has 1 aromatic carbocycles. The highest BCUT2D eigenvalue weighted by Crippen LogP contribution is 2.24. The van der Waals surface area contributed by atoms with E-state index in [9.17, 15) is 14.3 Å². The van der Waals surface area contributed by atoms with Gasteiger partial charge in [0.05, 0.1) is 0 Å². The Labute approximate surface area is 99.2 Å². The second kappa shape index (κ2) is 5.63. The molecule has 1 amide bonds. The topological polar surface area (TPSA) is 72.5 Å². The van der Waals surface area contributed by atoms with Gasteiger partial charge in [-0.05, 0) is 23.6 Å². The number of hydrogen-bond donors (Lipinski definition) is 2. The first-order valence-electron chi connectivity index (χ1n) is 5.31. The van der Waals surface area contributed by atoms with Crippen LogP contribution < -0.4 is 5.73 Å². The highest BCUT2D eigenvalue weighted by Gasteiger charge is 2.27. The maximum absolute atomic E-state index is 12.7. The van der Waals surface area contributed by atoms with Crippen LogP contribution in [-0.2, 0) is 4.74 Å². The van der Waals surface area contributed by atoms with E-state index < -0.39 is 24.1 Å². The quantitative estimate of drug-likeness (QED) is 0.846. The Hall–Kier alpha value is -1.62. The van der Waals surface area contributed by atoms with Crippen LogP contribution >= 0.6 is 0 Å². The largest absolute Gasteiger partial charge is 0.443 e. The monoisotopic (exact) mass is 241 g/mol. The van der Waals surface area contributed by atoms with Crippen molar-refractivity contribution in [1.82, 2.24) is 0 Å². The lowest BCUT2D eigenvalue weighted by Gasteiger charge is -2.25. The fraction of sp³-hybridized carbons (Fsp3) is 0.417. The first kappa shape index (κ1) is 13.4. The minimum absolute atomic E-state index is 0.109. The molecule has 5 heteroatoms. The minimum atomic E-state index is -1.02. The van der Waals surface area contributed by atoms with Gasteiger partial charge in [0.1, 0.15) is 18.0 Å². The Morgan fingerprint density at radius 2 is 1.88 bits per heavy atom. The predicted molar refractivity (Wildman–Crippen MR) is 60.7 cm³/mol. The molecule has 0 unspecified atom stereocenters. The molecule has 0 fully saturated rings. The van der Waals surface area contributed by atoms with Crippen molar-refractivity contribution in [3.05, 3.63) is 35.6 Å². The molecular weight excluding hydrogens is 225 g/mol. The predicted octanol–water partition coefficient (Wildman–Crippen LogP) is 1.98. The molecule has 0 bridgehead atoms. The van der Waals surface area contributed by atoms with E-state index in [0.29, 0.717) is 5.56 Å². The molecule has 0 spiro atoms. The van der Waals surface area contributed by atoms with Gasteiger partial charge in [0, 0.05) is 0 Å². The number of aliphatic hydroxyl groups is 1. The first-order chi connectivity index (χ1) is 7.91. The average molecular weight is 241 g/mol. The average Bonchev–Trinajstić information content (AvgIpc) is 2.25. The lowest BCUT2D eigenvalue weighted by molar-refractivity contribution is -0.0196. The van der Waals surface area contributed by atoms with Gasteiger partial charge in [-0.1, -0.05) is 26.0 Å². The molecule has 0 aromatic heterocycles. The molecule has 0 aliphatic rings. The van der Waals surface area contributed by atoms with Crippen LogP contribution in [0.1, 0.15) is 25.5 Å². The number of aliphatic hydroxyl groups excluding tert-OH is 1. The van der Waals surface area contributed by atoms with Gasteiger partial charge in [-0.25, -0.2) is 9.18 Å². The number of nitrogens with two attached hydrogens (primary N) is 1. The third kappa shape index (κ3) is 3.71. The van der Waals surface area contributed by atoms with Crippen LogP contribution in [0, 0.1) is 11.7 Å². The third-order valence-electron chi connectivity index (χ3n) is 2.43. The number of ether oxygens (including phenoxy) is 1. The minimum Gasteiger partial charge on any atom is -0.443 e. The van der Waals surface area contributed by atoms with Crippen molar-refractivity contribution in [2.45, 2.75) is 26.1 Å². The Balaban J connectivity index is 2.87. The summed E-state index contributed by atoms with van der Waals surface area (Å²) in [6.45, 7) is 3.58. The second-order valence-electron chi connectivity index (χ2n) is 4.14. The Kier molecular flexibility index (Phi) is 4.45. The third-order valence-corrected chi connectivity index (χ3v) is 2.43. The van der Waals surface area contributed by atoms with Crippen molar-refractivity contribution in [1.29, 1.82) is 0 Å². The van der Waals surface area contributed by atoms with Crippen LogP contribution in [0.15, 0.2) is 24.3 Å². The molecule has 0 heterocycles. The molecule has 0 saturated heterocycles. The summed E-state index contributed by atoms with van der Waals surface area (Å²) in [5.74, 6) is -0.500. The van der Waals surface area contributed by atoms with Crippen LogP contribution in [0.4, 0.5) is 9.18 Å². The fourth-order valence-corrected chi connectivity index (χ4v) is 1.55. The summed E-state index contributed by atoms with van der Waals surface area (Å²) in [5, 5.41) is 10.0. The second-order valence-corrected chi connectivity index (χ2v) is 4.14. The maximum atomic E-state index is 12.7. The van der Waals surface area contributed by atoms with Gasteiger partial charge in [-0.3, -0.25) is 0 Å². The molecule has 94 valence electrons. The van der Waals surface area contributed by atoms with E-state index in [2.05, 4.69) is 0 Å². The van der Waals surface area contributed by atoms with E-state index in [1.54, 1.807) is 13.8 Å². The molecule has 4 nitrogen and oxygen atoms in total. The van der Waals surface area contributed by atoms with Crippen molar-refractivity contribution in [2.75, 3.05) is 0 Å². The number of hydrogen-bond acceptors (Lipinski definition) is 3. The van der Waals surface area contributed by atoms with E-state index in [1.807, 2.05) is 0 Å². The highest BCUT2D eigenvalue weighted by molar-refractivity contribution is 5.64. The molecule has 0 saturated carbocycles. The summed E-state index contributed by atoms with van der Waals surface area (Å²) >= 11 is 0. The van der Waals surface area contributed by atoms with E-state index in [1.165, 1.54) is 24.3 Å². The number of benzene rings is 1. The summed E-state index contributed by atoms with van der Waals surface area (Å²) in [6.07, 6.45) is -2.72. The highest BCUT2D eigenvalue weighted by atomic mass is 19.1. The molecule has 17 heavy (non-hydrogen) atoms. The van der Waals surface area contributed by atoms with Crippen molar-refractivity contribution in [3.63, 3.8) is 0 Å². The summed E-state index contributed by atoms with van der Waals surface area (Å²) in [7, 11) is 0. The zero-order chi connectivity index (χ0) is 13.0. The van der Waals surface area contributed by atoms with Gasteiger partial charge in [0.2, 0.25) is 0 Å². The maximum Gasteiger partial charge on any atom is 0.404 e. The van der Waals surface area contributed by atoms with Crippen molar-refractivity contribution >= 4 is 6.09 Å². The zero-order valence-corrected chi connectivity index (χ0v) is 9.76. The van der Waals surface area contributed by atoms with Crippen LogP contribution in [0.5, 0.6) is 0 Å². The normalized spacial score (nSPS) is 14.4. The first-order valence-corrected chi connectivity index (χ1v) is 5.31. The van der Waals surface area contributed by atoms with E-state index in [4.69, 9.17) is 10.5 Å². The van der Waals surface area contributed by atoms with Crippen molar-refractivity contribution < 1.29 is 19.0 Å². The van der Waals surface area contributed by atoms with Crippen molar-refractivity contribution in [2.24, 2.45) is 11.7 Å². The molecule has 0 aliphatic heterocycles. The SMILES string of the molecule is CC(C)[C@H](OC(N)=O)[C@@H](O)c1ccc(F)cc1. The molecule has 3 N–H and O–H groups in total. The number of carbonyl (C=O) groups is 1. The fourth-order valence-electron chi connectivity index (χ4n) is 1.55. The molecule has 0 radical (unpaired) electrons. The molecular formula is C12H16FNO3. The van der Waals surface area contributed by atoms with E-state index in [0.717, 1.165) is 0 Å². The number of amides is 1. The van der Waals surface area contributed by atoms with Crippen molar-refractivity contribution in [3.8, 4) is 0 Å². The molecule has 1 aromatic rings. The van der Waals surface area contributed by atoms with Gasteiger partial charge in [-0.2, -0.15) is 0 Å². The smallest absolute Gasteiger partial charge is 0.404 e. The summed E-state index contributed by atoms with van der Waals surface area (Å²) in [5.41, 5.74) is 5.42. The van der Waals surface area contributed by atoms with Gasteiger partial charge in [-0.15, -0.1) is 0 Å². The van der Waals surface area contributed by atoms with E-state index >= 15 is 0 Å². The molecule has 2 atom stereocenters.